The van der Waals surface area contributed by atoms with Crippen molar-refractivity contribution in [3.05, 3.63) is 52.3 Å². The van der Waals surface area contributed by atoms with Crippen molar-refractivity contribution in [3.8, 4) is 5.75 Å². The van der Waals surface area contributed by atoms with Gasteiger partial charge in [0.15, 0.2) is 0 Å². The Hall–Kier alpha value is -2.76. The van der Waals surface area contributed by atoms with E-state index in [1.54, 1.807) is 14.0 Å². The van der Waals surface area contributed by atoms with E-state index in [1.165, 1.54) is 6.42 Å². The molecular formula is C26H36N2O4. The highest BCUT2D eigenvalue weighted by Crippen LogP contribution is 2.28. The number of H-pyrrole nitrogens is 1. The van der Waals surface area contributed by atoms with Crippen LogP contribution < -0.4 is 4.74 Å². The number of hydrogen-bond acceptors (Lipinski definition) is 4. The van der Waals surface area contributed by atoms with Crippen LogP contribution >= 0.6 is 0 Å². The van der Waals surface area contributed by atoms with Crippen LogP contribution in [0.1, 0.15) is 78.3 Å². The molecule has 1 aromatic heterocycles. The second-order valence-electron chi connectivity index (χ2n) is 8.61. The lowest BCUT2D eigenvalue weighted by Crippen LogP contribution is -2.41. The molecule has 1 aliphatic rings. The van der Waals surface area contributed by atoms with Gasteiger partial charge < -0.3 is 19.4 Å². The smallest absolute Gasteiger partial charge is 0.355 e. The molecule has 32 heavy (non-hydrogen) atoms. The maximum atomic E-state index is 13.4. The van der Waals surface area contributed by atoms with E-state index < -0.39 is 0 Å². The molecule has 0 saturated heterocycles. The first-order chi connectivity index (χ1) is 15.4. The molecule has 3 rings (SSSR count). The number of aromatic nitrogens is 1. The average Bonchev–Trinajstić information content (AvgIpc) is 3.10. The third-order valence-electron chi connectivity index (χ3n) is 6.52. The number of rotatable bonds is 9. The van der Waals surface area contributed by atoms with Crippen molar-refractivity contribution in [3.63, 3.8) is 0 Å². The normalized spacial score (nSPS) is 14.2. The van der Waals surface area contributed by atoms with Gasteiger partial charge in [-0.05, 0) is 68.9 Å². The summed E-state index contributed by atoms with van der Waals surface area (Å²) < 4.78 is 10.4. The second kappa shape index (κ2) is 11.2. The topological polar surface area (TPSA) is 71.6 Å². The number of aryl methyl sites for hydroxylation is 2. The van der Waals surface area contributed by atoms with Crippen molar-refractivity contribution in [2.24, 2.45) is 0 Å². The van der Waals surface area contributed by atoms with Gasteiger partial charge in [-0.3, -0.25) is 4.79 Å². The van der Waals surface area contributed by atoms with Gasteiger partial charge in [0.1, 0.15) is 11.4 Å². The van der Waals surface area contributed by atoms with Crippen LogP contribution in [-0.2, 0) is 22.5 Å². The summed E-state index contributed by atoms with van der Waals surface area (Å²) in [5.41, 5.74) is 4.45. The Labute approximate surface area is 191 Å². The van der Waals surface area contributed by atoms with Crippen molar-refractivity contribution in [2.45, 2.75) is 78.3 Å². The Kier molecular flexibility index (Phi) is 8.37. The highest BCUT2D eigenvalue weighted by atomic mass is 16.5. The first kappa shape index (κ1) is 23.9. The minimum absolute atomic E-state index is 0.172. The summed E-state index contributed by atoms with van der Waals surface area (Å²) >= 11 is 0. The SMILES string of the molecule is CCOC(=O)c1[nH]c(C)c(CN(C(=O)CCc2ccc(OC)cc2)C2CCCCC2)c1C. The highest BCUT2D eigenvalue weighted by molar-refractivity contribution is 5.90. The molecule has 0 unspecified atom stereocenters. The zero-order chi connectivity index (χ0) is 23.1. The van der Waals surface area contributed by atoms with Crippen molar-refractivity contribution in [1.82, 2.24) is 9.88 Å². The summed E-state index contributed by atoms with van der Waals surface area (Å²) in [6.45, 7) is 6.57. The van der Waals surface area contributed by atoms with E-state index in [-0.39, 0.29) is 17.9 Å². The quantitative estimate of drug-likeness (QED) is 0.550. The molecule has 1 heterocycles. The summed E-state index contributed by atoms with van der Waals surface area (Å²) in [4.78, 5) is 31.0. The van der Waals surface area contributed by atoms with Gasteiger partial charge >= 0.3 is 5.97 Å². The molecule has 1 N–H and O–H groups in total. The molecule has 174 valence electrons. The van der Waals surface area contributed by atoms with E-state index in [0.717, 1.165) is 53.8 Å². The molecule has 1 amide bonds. The minimum Gasteiger partial charge on any atom is -0.497 e. The maximum absolute atomic E-state index is 13.4. The van der Waals surface area contributed by atoms with Crippen molar-refractivity contribution in [2.75, 3.05) is 13.7 Å². The number of nitrogens with one attached hydrogen (secondary N) is 1. The molecular weight excluding hydrogens is 404 g/mol. The van der Waals surface area contributed by atoms with Crippen LogP contribution in [0.2, 0.25) is 0 Å². The van der Waals surface area contributed by atoms with Crippen LogP contribution in [0.15, 0.2) is 24.3 Å². The number of nitrogens with zero attached hydrogens (tertiary/aromatic N) is 1. The molecule has 6 heteroatoms. The van der Waals surface area contributed by atoms with Crippen LogP contribution in [0, 0.1) is 13.8 Å². The lowest BCUT2D eigenvalue weighted by Gasteiger charge is -2.35. The van der Waals surface area contributed by atoms with Gasteiger partial charge in [0.2, 0.25) is 5.91 Å². The Bertz CT molecular complexity index is 911. The van der Waals surface area contributed by atoms with Crippen molar-refractivity contribution >= 4 is 11.9 Å². The monoisotopic (exact) mass is 440 g/mol. The zero-order valence-electron chi connectivity index (χ0n) is 19.8. The van der Waals surface area contributed by atoms with E-state index in [9.17, 15) is 9.59 Å². The van der Waals surface area contributed by atoms with E-state index in [2.05, 4.69) is 9.88 Å². The number of methoxy groups -OCH3 is 1. The van der Waals surface area contributed by atoms with Crippen molar-refractivity contribution < 1.29 is 19.1 Å². The van der Waals surface area contributed by atoms with Crippen LogP contribution in [0.4, 0.5) is 0 Å². The Morgan fingerprint density at radius 2 is 1.78 bits per heavy atom. The predicted molar refractivity (Wildman–Crippen MR) is 125 cm³/mol. The number of aromatic amines is 1. The molecule has 0 spiro atoms. The number of ether oxygens (including phenoxy) is 2. The summed E-state index contributed by atoms with van der Waals surface area (Å²) in [6.07, 6.45) is 6.81. The van der Waals surface area contributed by atoms with Gasteiger partial charge in [-0.2, -0.15) is 0 Å². The third-order valence-corrected chi connectivity index (χ3v) is 6.52. The Morgan fingerprint density at radius 3 is 2.41 bits per heavy atom. The van der Waals surface area contributed by atoms with E-state index >= 15 is 0 Å². The number of carbonyl (C=O) groups is 2. The number of hydrogen-bond donors (Lipinski definition) is 1. The lowest BCUT2D eigenvalue weighted by atomic mass is 9.93. The van der Waals surface area contributed by atoms with Crippen LogP contribution in [-0.4, -0.2) is 41.5 Å². The maximum Gasteiger partial charge on any atom is 0.355 e. The van der Waals surface area contributed by atoms with Gasteiger partial charge in [-0.1, -0.05) is 31.4 Å². The number of amides is 1. The fourth-order valence-corrected chi connectivity index (χ4v) is 4.60. The first-order valence-corrected chi connectivity index (χ1v) is 11.7. The number of esters is 1. The molecule has 0 radical (unpaired) electrons. The van der Waals surface area contributed by atoms with Gasteiger partial charge in [-0.15, -0.1) is 0 Å². The summed E-state index contributed by atoms with van der Waals surface area (Å²) in [5.74, 6) is 0.652. The molecule has 1 fully saturated rings. The Morgan fingerprint density at radius 1 is 1.09 bits per heavy atom. The summed E-state index contributed by atoms with van der Waals surface area (Å²) in [6, 6.07) is 8.16. The van der Waals surface area contributed by atoms with Crippen LogP contribution in [0.25, 0.3) is 0 Å². The van der Waals surface area contributed by atoms with Gasteiger partial charge in [0, 0.05) is 24.7 Å². The molecule has 1 saturated carbocycles. The fraction of sp³-hybridized carbons (Fsp3) is 0.538. The molecule has 1 aromatic carbocycles. The molecule has 1 aliphatic carbocycles. The van der Waals surface area contributed by atoms with E-state index in [0.29, 0.717) is 31.7 Å². The third kappa shape index (κ3) is 5.72. The van der Waals surface area contributed by atoms with E-state index in [1.807, 2.05) is 38.1 Å². The zero-order valence-corrected chi connectivity index (χ0v) is 19.8. The van der Waals surface area contributed by atoms with E-state index in [4.69, 9.17) is 9.47 Å². The number of carbonyl (C=O) groups excluding carboxylic acids is 2. The molecule has 0 atom stereocenters. The van der Waals surface area contributed by atoms with Gasteiger partial charge in [0.05, 0.1) is 13.7 Å². The largest absolute Gasteiger partial charge is 0.497 e. The number of benzene rings is 1. The first-order valence-electron chi connectivity index (χ1n) is 11.7. The molecule has 2 aromatic rings. The summed E-state index contributed by atoms with van der Waals surface area (Å²) in [7, 11) is 1.65. The Balaban J connectivity index is 1.77. The molecule has 0 aliphatic heterocycles. The molecule has 0 bridgehead atoms. The molecule has 6 nitrogen and oxygen atoms in total. The van der Waals surface area contributed by atoms with Gasteiger partial charge in [-0.25, -0.2) is 4.79 Å². The lowest BCUT2D eigenvalue weighted by molar-refractivity contribution is -0.135. The van der Waals surface area contributed by atoms with Crippen LogP contribution in [0.3, 0.4) is 0 Å². The summed E-state index contributed by atoms with van der Waals surface area (Å²) in [5, 5.41) is 0. The van der Waals surface area contributed by atoms with Crippen molar-refractivity contribution in [1.29, 1.82) is 0 Å². The van der Waals surface area contributed by atoms with Gasteiger partial charge in [0.25, 0.3) is 0 Å². The predicted octanol–water partition coefficient (Wildman–Crippen LogP) is 5.11. The highest BCUT2D eigenvalue weighted by Gasteiger charge is 2.28. The minimum atomic E-state index is -0.339. The average molecular weight is 441 g/mol. The van der Waals surface area contributed by atoms with Crippen LogP contribution in [0.5, 0.6) is 5.75 Å². The fourth-order valence-electron chi connectivity index (χ4n) is 4.60. The second-order valence-corrected chi connectivity index (χ2v) is 8.61. The standard InChI is InChI=1S/C26H36N2O4/c1-5-32-26(30)25-18(2)23(19(3)27-25)17-28(21-9-7-6-8-10-21)24(29)16-13-20-11-14-22(31-4)15-12-20/h11-12,14-15,21,27H,5-10,13,16-17H2,1-4H3.